The highest BCUT2D eigenvalue weighted by Crippen LogP contribution is 2.41. The summed E-state index contributed by atoms with van der Waals surface area (Å²) in [4.78, 5) is 0. The molecule has 0 bridgehead atoms. The molecule has 0 aromatic heterocycles. The van der Waals surface area contributed by atoms with Crippen LogP contribution in [0.4, 0.5) is 0 Å². The monoisotopic (exact) mass is 210 g/mol. The minimum atomic E-state index is -1.55. The molecule has 0 amide bonds. The second-order valence-corrected chi connectivity index (χ2v) is 10.6. The zero-order chi connectivity index (χ0) is 11.0. The van der Waals surface area contributed by atoms with E-state index in [2.05, 4.69) is 39.8 Å². The van der Waals surface area contributed by atoms with Crippen LogP contribution in [0.3, 0.4) is 0 Å². The Labute approximate surface area is 89.4 Å². The van der Waals surface area contributed by atoms with Crippen molar-refractivity contribution in [2.75, 3.05) is 0 Å². The van der Waals surface area contributed by atoms with Crippen LogP contribution in [0, 0.1) is 18.3 Å². The van der Waals surface area contributed by atoms with E-state index in [4.69, 9.17) is 10.8 Å². The maximum atomic E-state index is 6.21. The first-order valence-corrected chi connectivity index (χ1v) is 8.31. The summed E-state index contributed by atoms with van der Waals surface area (Å²) in [7, 11) is -1.55. The van der Waals surface area contributed by atoms with Crippen molar-refractivity contribution in [1.82, 2.24) is 0 Å². The van der Waals surface area contributed by atoms with Crippen LogP contribution in [-0.4, -0.2) is 14.4 Å². The molecule has 14 heavy (non-hydrogen) atoms. The van der Waals surface area contributed by atoms with Crippen molar-refractivity contribution in [2.24, 2.45) is 5.92 Å². The summed E-state index contributed by atoms with van der Waals surface area (Å²) in [5.74, 6) is 3.27. The fraction of sp³-hybridized carbons (Fsp3) is 0.833. The second kappa shape index (κ2) is 3.71. The SMILES string of the molecule is C#CC1CC(O[Si](C)(C)C(C)(C)C)C1. The summed E-state index contributed by atoms with van der Waals surface area (Å²) in [5, 5.41) is 0.314. The molecule has 0 aliphatic heterocycles. The van der Waals surface area contributed by atoms with Gasteiger partial charge in [0.15, 0.2) is 8.32 Å². The zero-order valence-electron chi connectivity index (χ0n) is 10.1. The fourth-order valence-corrected chi connectivity index (χ4v) is 2.77. The van der Waals surface area contributed by atoms with E-state index in [9.17, 15) is 0 Å². The summed E-state index contributed by atoms with van der Waals surface area (Å²) in [6.45, 7) is 11.4. The van der Waals surface area contributed by atoms with Crippen LogP contribution in [0.2, 0.25) is 18.1 Å². The van der Waals surface area contributed by atoms with E-state index in [1.165, 1.54) is 0 Å². The molecule has 1 nitrogen and oxygen atoms in total. The molecule has 0 aromatic carbocycles. The third-order valence-corrected chi connectivity index (χ3v) is 8.13. The summed E-state index contributed by atoms with van der Waals surface area (Å²) in [5.41, 5.74) is 0. The molecule has 0 spiro atoms. The van der Waals surface area contributed by atoms with Gasteiger partial charge in [-0.15, -0.1) is 12.3 Å². The van der Waals surface area contributed by atoms with E-state index in [1.54, 1.807) is 0 Å². The molecular weight excluding hydrogens is 188 g/mol. The molecule has 0 N–H and O–H groups in total. The summed E-state index contributed by atoms with van der Waals surface area (Å²) >= 11 is 0. The van der Waals surface area contributed by atoms with Gasteiger partial charge in [-0.1, -0.05) is 20.8 Å². The Morgan fingerprint density at radius 1 is 1.29 bits per heavy atom. The molecule has 1 aliphatic rings. The normalized spacial score (nSPS) is 28.0. The van der Waals surface area contributed by atoms with Crippen molar-refractivity contribution in [1.29, 1.82) is 0 Å². The predicted octanol–water partition coefficient (Wildman–Crippen LogP) is 3.42. The second-order valence-electron chi connectivity index (χ2n) is 5.84. The molecule has 1 aliphatic carbocycles. The van der Waals surface area contributed by atoms with Crippen LogP contribution in [0.25, 0.3) is 0 Å². The zero-order valence-corrected chi connectivity index (χ0v) is 11.1. The van der Waals surface area contributed by atoms with E-state index < -0.39 is 8.32 Å². The Bertz CT molecular complexity index is 238. The van der Waals surface area contributed by atoms with Gasteiger partial charge in [0, 0.05) is 12.0 Å². The summed E-state index contributed by atoms with van der Waals surface area (Å²) < 4.78 is 6.21. The number of hydrogen-bond donors (Lipinski definition) is 0. The highest BCUT2D eigenvalue weighted by Gasteiger charge is 2.41. The van der Waals surface area contributed by atoms with Gasteiger partial charge in [-0.05, 0) is 31.0 Å². The Hall–Kier alpha value is -0.263. The molecule has 1 rings (SSSR count). The lowest BCUT2D eigenvalue weighted by atomic mass is 9.83. The average molecular weight is 210 g/mol. The van der Waals surface area contributed by atoms with E-state index in [-0.39, 0.29) is 0 Å². The highest BCUT2D eigenvalue weighted by molar-refractivity contribution is 6.74. The molecule has 1 fully saturated rings. The first-order chi connectivity index (χ1) is 6.26. The Morgan fingerprint density at radius 3 is 2.14 bits per heavy atom. The molecule has 0 radical (unpaired) electrons. The van der Waals surface area contributed by atoms with E-state index in [0.29, 0.717) is 17.1 Å². The fourth-order valence-electron chi connectivity index (χ4n) is 1.39. The number of hydrogen-bond acceptors (Lipinski definition) is 1. The molecule has 0 unspecified atom stereocenters. The molecule has 0 atom stereocenters. The lowest BCUT2D eigenvalue weighted by Crippen LogP contribution is -2.47. The lowest BCUT2D eigenvalue weighted by Gasteiger charge is -2.43. The van der Waals surface area contributed by atoms with Crippen molar-refractivity contribution >= 4 is 8.32 Å². The standard InChI is InChI=1S/C12H22OSi/c1-7-10-8-11(9-10)13-14(5,6)12(2,3)4/h1,10-11H,8-9H2,2-6H3. The first kappa shape index (κ1) is 11.8. The topological polar surface area (TPSA) is 9.23 Å². The van der Waals surface area contributed by atoms with Gasteiger partial charge >= 0.3 is 0 Å². The van der Waals surface area contributed by atoms with Crippen LogP contribution < -0.4 is 0 Å². The third-order valence-electron chi connectivity index (χ3n) is 3.60. The Kier molecular flexibility index (Phi) is 3.13. The predicted molar refractivity (Wildman–Crippen MR) is 63.6 cm³/mol. The van der Waals surface area contributed by atoms with Crippen molar-refractivity contribution < 1.29 is 4.43 Å². The highest BCUT2D eigenvalue weighted by atomic mass is 28.4. The quantitative estimate of drug-likeness (QED) is 0.501. The molecular formula is C12H22OSi. The van der Waals surface area contributed by atoms with Gasteiger partial charge in [-0.3, -0.25) is 0 Å². The summed E-state index contributed by atoms with van der Waals surface area (Å²) in [6.07, 6.45) is 7.94. The molecule has 0 aromatic rings. The van der Waals surface area contributed by atoms with Crippen molar-refractivity contribution in [2.45, 2.75) is 57.8 Å². The Morgan fingerprint density at radius 2 is 1.79 bits per heavy atom. The van der Waals surface area contributed by atoms with E-state index in [0.717, 1.165) is 12.8 Å². The minimum Gasteiger partial charge on any atom is -0.414 e. The molecule has 0 heterocycles. The van der Waals surface area contributed by atoms with Crippen LogP contribution in [0.15, 0.2) is 0 Å². The molecule has 0 saturated heterocycles. The smallest absolute Gasteiger partial charge is 0.192 e. The van der Waals surface area contributed by atoms with E-state index in [1.807, 2.05) is 0 Å². The molecule has 80 valence electrons. The van der Waals surface area contributed by atoms with Gasteiger partial charge in [0.25, 0.3) is 0 Å². The maximum Gasteiger partial charge on any atom is 0.192 e. The van der Waals surface area contributed by atoms with Crippen LogP contribution in [0.1, 0.15) is 33.6 Å². The van der Waals surface area contributed by atoms with Crippen LogP contribution in [0.5, 0.6) is 0 Å². The molecule has 1 saturated carbocycles. The van der Waals surface area contributed by atoms with Crippen LogP contribution in [-0.2, 0) is 4.43 Å². The van der Waals surface area contributed by atoms with Gasteiger partial charge < -0.3 is 4.43 Å². The molecule has 2 heteroatoms. The third kappa shape index (κ3) is 2.40. The van der Waals surface area contributed by atoms with Crippen molar-refractivity contribution in [3.8, 4) is 12.3 Å². The number of terminal acetylenes is 1. The Balaban J connectivity index is 2.43. The van der Waals surface area contributed by atoms with E-state index >= 15 is 0 Å². The van der Waals surface area contributed by atoms with Gasteiger partial charge in [0.1, 0.15) is 0 Å². The van der Waals surface area contributed by atoms with Gasteiger partial charge in [-0.25, -0.2) is 0 Å². The average Bonchev–Trinajstić information content (AvgIpc) is 1.93. The number of rotatable bonds is 2. The largest absolute Gasteiger partial charge is 0.414 e. The van der Waals surface area contributed by atoms with Gasteiger partial charge in [0.2, 0.25) is 0 Å². The summed E-state index contributed by atoms with van der Waals surface area (Å²) in [6, 6.07) is 0. The maximum absolute atomic E-state index is 6.21. The van der Waals surface area contributed by atoms with Crippen molar-refractivity contribution in [3.05, 3.63) is 0 Å². The van der Waals surface area contributed by atoms with Gasteiger partial charge in [-0.2, -0.15) is 0 Å². The van der Waals surface area contributed by atoms with Crippen molar-refractivity contribution in [3.63, 3.8) is 0 Å². The minimum absolute atomic E-state index is 0.314. The first-order valence-electron chi connectivity index (χ1n) is 5.40. The van der Waals surface area contributed by atoms with Gasteiger partial charge in [0.05, 0.1) is 0 Å². The van der Waals surface area contributed by atoms with Crippen LogP contribution >= 0.6 is 0 Å². The lowest BCUT2D eigenvalue weighted by molar-refractivity contribution is 0.0762.